The van der Waals surface area contributed by atoms with Crippen molar-refractivity contribution in [3.05, 3.63) is 64.0 Å². The SMILES string of the molecule is Cc1cc(O[C@@H](C)C(=O)NCc2nc(-c3ccccc3Cl)no2)ccc1Cl. The average Bonchev–Trinajstić information content (AvgIpc) is 3.12. The first-order chi connectivity index (χ1) is 12.9. The van der Waals surface area contributed by atoms with E-state index in [0.717, 1.165) is 5.56 Å². The Bertz CT molecular complexity index is 959. The van der Waals surface area contributed by atoms with Gasteiger partial charge in [0.05, 0.1) is 11.6 Å². The summed E-state index contributed by atoms with van der Waals surface area (Å²) in [6.45, 7) is 3.61. The minimum Gasteiger partial charge on any atom is -0.481 e. The summed E-state index contributed by atoms with van der Waals surface area (Å²) in [6, 6.07) is 12.4. The summed E-state index contributed by atoms with van der Waals surface area (Å²) in [4.78, 5) is 16.5. The molecule has 1 heterocycles. The maximum absolute atomic E-state index is 12.2. The van der Waals surface area contributed by atoms with Crippen LogP contribution in [0.3, 0.4) is 0 Å². The van der Waals surface area contributed by atoms with Crippen LogP contribution in [0.25, 0.3) is 11.4 Å². The largest absolute Gasteiger partial charge is 0.481 e. The fourth-order valence-electron chi connectivity index (χ4n) is 2.33. The van der Waals surface area contributed by atoms with Gasteiger partial charge in [0.1, 0.15) is 5.75 Å². The lowest BCUT2D eigenvalue weighted by molar-refractivity contribution is -0.127. The van der Waals surface area contributed by atoms with Crippen LogP contribution in [-0.2, 0) is 11.3 Å². The number of nitrogens with zero attached hydrogens (tertiary/aromatic N) is 2. The normalized spacial score (nSPS) is 11.9. The van der Waals surface area contributed by atoms with E-state index in [1.165, 1.54) is 0 Å². The molecule has 0 saturated heterocycles. The number of halogens is 2. The number of carbonyl (C=O) groups excluding carboxylic acids is 1. The zero-order valence-corrected chi connectivity index (χ0v) is 16.2. The molecule has 1 amide bonds. The van der Waals surface area contributed by atoms with Gasteiger partial charge in [-0.05, 0) is 49.7 Å². The van der Waals surface area contributed by atoms with Gasteiger partial charge in [-0.1, -0.05) is 40.5 Å². The highest BCUT2D eigenvalue weighted by Crippen LogP contribution is 2.25. The van der Waals surface area contributed by atoms with Crippen LogP contribution in [0.4, 0.5) is 0 Å². The van der Waals surface area contributed by atoms with E-state index in [1.54, 1.807) is 37.3 Å². The van der Waals surface area contributed by atoms with Crippen LogP contribution in [0.15, 0.2) is 47.0 Å². The minimum absolute atomic E-state index is 0.0869. The molecule has 0 unspecified atom stereocenters. The van der Waals surface area contributed by atoms with Gasteiger partial charge in [-0.2, -0.15) is 4.98 Å². The molecule has 0 spiro atoms. The first-order valence-corrected chi connectivity index (χ1v) is 8.97. The third-order valence-electron chi connectivity index (χ3n) is 3.81. The van der Waals surface area contributed by atoms with Gasteiger partial charge >= 0.3 is 0 Å². The topological polar surface area (TPSA) is 77.2 Å². The van der Waals surface area contributed by atoms with E-state index >= 15 is 0 Å². The predicted molar refractivity (Wildman–Crippen MR) is 103 cm³/mol. The quantitative estimate of drug-likeness (QED) is 0.655. The molecule has 3 rings (SSSR count). The van der Waals surface area contributed by atoms with E-state index in [9.17, 15) is 4.79 Å². The average molecular weight is 406 g/mol. The summed E-state index contributed by atoms with van der Waals surface area (Å²) in [6.07, 6.45) is -0.698. The standard InChI is InChI=1S/C19H17Cl2N3O3/c1-11-9-13(7-8-15(11)20)26-12(2)19(25)22-10-17-23-18(24-27-17)14-5-3-4-6-16(14)21/h3-9,12H,10H2,1-2H3,(H,22,25)/t12-/m0/s1. The second-order valence-corrected chi connectivity index (χ2v) is 6.69. The molecule has 3 aromatic rings. The number of ether oxygens (including phenoxy) is 1. The number of carbonyl (C=O) groups is 1. The molecular formula is C19H17Cl2N3O3. The van der Waals surface area contributed by atoms with Crippen LogP contribution in [-0.4, -0.2) is 22.2 Å². The van der Waals surface area contributed by atoms with Crippen molar-refractivity contribution >= 4 is 29.1 Å². The molecule has 0 saturated carbocycles. The fourth-order valence-corrected chi connectivity index (χ4v) is 2.67. The molecule has 1 aromatic heterocycles. The van der Waals surface area contributed by atoms with Crippen LogP contribution >= 0.6 is 23.2 Å². The van der Waals surface area contributed by atoms with Gasteiger partial charge in [0, 0.05) is 10.6 Å². The minimum atomic E-state index is -0.698. The summed E-state index contributed by atoms with van der Waals surface area (Å²) in [5, 5.41) is 7.76. The van der Waals surface area contributed by atoms with E-state index in [4.69, 9.17) is 32.5 Å². The Labute approximate surface area is 166 Å². The van der Waals surface area contributed by atoms with Crippen LogP contribution in [0.2, 0.25) is 10.0 Å². The maximum atomic E-state index is 12.2. The maximum Gasteiger partial charge on any atom is 0.261 e. The number of amides is 1. The lowest BCUT2D eigenvalue weighted by Crippen LogP contribution is -2.36. The lowest BCUT2D eigenvalue weighted by atomic mass is 10.2. The van der Waals surface area contributed by atoms with Crippen LogP contribution in [0, 0.1) is 6.92 Å². The van der Waals surface area contributed by atoms with Gasteiger partial charge in [0.15, 0.2) is 6.10 Å². The van der Waals surface area contributed by atoms with Crippen LogP contribution in [0.5, 0.6) is 5.75 Å². The molecule has 1 atom stereocenters. The number of hydrogen-bond donors (Lipinski definition) is 1. The van der Waals surface area contributed by atoms with Gasteiger partial charge in [-0.25, -0.2) is 0 Å². The van der Waals surface area contributed by atoms with Crippen molar-refractivity contribution in [3.8, 4) is 17.1 Å². The van der Waals surface area contributed by atoms with Crippen molar-refractivity contribution in [2.75, 3.05) is 0 Å². The molecule has 1 N–H and O–H groups in total. The predicted octanol–water partition coefficient (Wildman–Crippen LogP) is 4.44. The molecule has 0 fully saturated rings. The first-order valence-electron chi connectivity index (χ1n) is 8.22. The Morgan fingerprint density at radius 2 is 2.00 bits per heavy atom. The van der Waals surface area contributed by atoms with Crippen molar-refractivity contribution in [1.82, 2.24) is 15.5 Å². The highest BCUT2D eigenvalue weighted by atomic mass is 35.5. The molecule has 6 nitrogen and oxygen atoms in total. The lowest BCUT2D eigenvalue weighted by Gasteiger charge is -2.14. The third-order valence-corrected chi connectivity index (χ3v) is 4.56. The summed E-state index contributed by atoms with van der Waals surface area (Å²) in [5.74, 6) is 0.900. The molecule has 27 heavy (non-hydrogen) atoms. The Morgan fingerprint density at radius 3 is 2.74 bits per heavy atom. The van der Waals surface area contributed by atoms with Gasteiger partial charge < -0.3 is 14.6 Å². The number of aryl methyl sites for hydroxylation is 1. The van der Waals surface area contributed by atoms with Gasteiger partial charge in [-0.15, -0.1) is 0 Å². The second kappa shape index (κ2) is 8.41. The smallest absolute Gasteiger partial charge is 0.261 e. The monoisotopic (exact) mass is 405 g/mol. The van der Waals surface area contributed by atoms with Gasteiger partial charge in [-0.3, -0.25) is 4.79 Å². The molecule has 140 valence electrons. The van der Waals surface area contributed by atoms with E-state index in [-0.39, 0.29) is 18.3 Å². The molecule has 2 aromatic carbocycles. The summed E-state index contributed by atoms with van der Waals surface area (Å²) < 4.78 is 10.8. The fraction of sp³-hybridized carbons (Fsp3) is 0.211. The second-order valence-electron chi connectivity index (χ2n) is 5.88. The highest BCUT2D eigenvalue weighted by Gasteiger charge is 2.17. The molecule has 0 bridgehead atoms. The van der Waals surface area contributed by atoms with Gasteiger partial charge in [0.2, 0.25) is 11.7 Å². The molecule has 0 aliphatic carbocycles. The Balaban J connectivity index is 1.57. The summed E-state index contributed by atoms with van der Waals surface area (Å²) in [7, 11) is 0. The molecular weight excluding hydrogens is 389 g/mol. The summed E-state index contributed by atoms with van der Waals surface area (Å²) >= 11 is 12.1. The van der Waals surface area contributed by atoms with E-state index in [1.807, 2.05) is 19.1 Å². The number of hydrogen-bond acceptors (Lipinski definition) is 5. The number of benzene rings is 2. The van der Waals surface area contributed by atoms with E-state index < -0.39 is 6.10 Å². The Hall–Kier alpha value is -2.57. The number of nitrogens with one attached hydrogen (secondary N) is 1. The van der Waals surface area contributed by atoms with Crippen molar-refractivity contribution in [3.63, 3.8) is 0 Å². The first kappa shape index (κ1) is 19.2. The molecule has 0 radical (unpaired) electrons. The van der Waals surface area contributed by atoms with Crippen LogP contribution < -0.4 is 10.1 Å². The number of aromatic nitrogens is 2. The zero-order chi connectivity index (χ0) is 19.4. The van der Waals surface area contributed by atoms with Crippen molar-refractivity contribution < 1.29 is 14.1 Å². The van der Waals surface area contributed by atoms with Crippen molar-refractivity contribution in [2.45, 2.75) is 26.5 Å². The molecule has 0 aliphatic rings. The number of rotatable bonds is 6. The van der Waals surface area contributed by atoms with Crippen molar-refractivity contribution in [1.29, 1.82) is 0 Å². The van der Waals surface area contributed by atoms with E-state index in [0.29, 0.717) is 27.2 Å². The zero-order valence-electron chi connectivity index (χ0n) is 14.7. The van der Waals surface area contributed by atoms with E-state index in [2.05, 4.69) is 15.5 Å². The molecule has 8 heteroatoms. The van der Waals surface area contributed by atoms with Crippen LogP contribution in [0.1, 0.15) is 18.4 Å². The third kappa shape index (κ3) is 4.78. The summed E-state index contributed by atoms with van der Waals surface area (Å²) in [5.41, 5.74) is 1.54. The van der Waals surface area contributed by atoms with Crippen molar-refractivity contribution in [2.24, 2.45) is 0 Å². The van der Waals surface area contributed by atoms with Gasteiger partial charge in [0.25, 0.3) is 5.91 Å². The Kier molecular flexibility index (Phi) is 5.98. The molecule has 0 aliphatic heterocycles. The Morgan fingerprint density at radius 1 is 1.22 bits per heavy atom. The highest BCUT2D eigenvalue weighted by molar-refractivity contribution is 6.33.